The molecule has 1 aliphatic rings. The van der Waals surface area contributed by atoms with Crippen molar-refractivity contribution in [2.45, 2.75) is 31.8 Å². The predicted octanol–water partition coefficient (Wildman–Crippen LogP) is 4.55. The first-order valence-corrected chi connectivity index (χ1v) is 10.3. The van der Waals surface area contributed by atoms with Crippen molar-refractivity contribution in [2.75, 3.05) is 0 Å². The third-order valence-electron chi connectivity index (χ3n) is 5.56. The Balaban J connectivity index is 1.79. The van der Waals surface area contributed by atoms with E-state index in [0.29, 0.717) is 16.1 Å². The van der Waals surface area contributed by atoms with Crippen LogP contribution < -0.4 is 5.73 Å². The van der Waals surface area contributed by atoms with Gasteiger partial charge >= 0.3 is 0 Å². The molecule has 0 fully saturated rings. The molecule has 0 unspecified atom stereocenters. The lowest BCUT2D eigenvalue weighted by Gasteiger charge is -2.36. The number of amides is 2. The third kappa shape index (κ3) is 4.07. The molecule has 0 aliphatic heterocycles. The van der Waals surface area contributed by atoms with Crippen LogP contribution in [0.3, 0.4) is 0 Å². The molecule has 6 heteroatoms. The van der Waals surface area contributed by atoms with E-state index >= 15 is 0 Å². The summed E-state index contributed by atoms with van der Waals surface area (Å²) in [5, 5.41) is 0.645. The molecule has 1 atom stereocenters. The molecule has 152 valence electrons. The molecule has 5 nitrogen and oxygen atoms in total. The standard InChI is InChI=1S/C24H22ClN3O2/c25-19-11-10-16-6-3-9-22(21(16)13-19)28(24(30)17-7-4-12-27-14-17)15-18-5-1-2-8-20(18)23(26)29/h1-2,4-5,7-8,10-14,22H,3,6,9,15H2,(H2,26,29)/t22-/m1/s1. The fourth-order valence-electron chi connectivity index (χ4n) is 4.13. The van der Waals surface area contributed by atoms with Crippen LogP contribution in [0.1, 0.15) is 56.3 Å². The third-order valence-corrected chi connectivity index (χ3v) is 5.79. The summed E-state index contributed by atoms with van der Waals surface area (Å²) in [6.07, 6.45) is 5.94. The Bertz CT molecular complexity index is 1080. The molecule has 0 bridgehead atoms. The van der Waals surface area contributed by atoms with Gasteiger partial charge in [-0.3, -0.25) is 14.6 Å². The summed E-state index contributed by atoms with van der Waals surface area (Å²) in [4.78, 5) is 31.4. The number of aromatic nitrogens is 1. The van der Waals surface area contributed by atoms with E-state index in [-0.39, 0.29) is 18.5 Å². The Kier molecular flexibility index (Phi) is 5.81. The van der Waals surface area contributed by atoms with Gasteiger partial charge in [0.25, 0.3) is 5.91 Å². The molecule has 3 aromatic rings. The van der Waals surface area contributed by atoms with Crippen molar-refractivity contribution >= 4 is 23.4 Å². The zero-order chi connectivity index (χ0) is 21.1. The second kappa shape index (κ2) is 8.67. The van der Waals surface area contributed by atoms with E-state index in [1.165, 1.54) is 5.56 Å². The summed E-state index contributed by atoms with van der Waals surface area (Å²) in [6.45, 7) is 0.267. The lowest BCUT2D eigenvalue weighted by atomic mass is 9.86. The summed E-state index contributed by atoms with van der Waals surface area (Å²) < 4.78 is 0. The van der Waals surface area contributed by atoms with Gasteiger partial charge in [-0.05, 0) is 66.3 Å². The second-order valence-electron chi connectivity index (χ2n) is 7.45. The number of benzene rings is 2. The Morgan fingerprint density at radius 2 is 1.97 bits per heavy atom. The number of hydrogen-bond donors (Lipinski definition) is 1. The maximum atomic E-state index is 13.6. The summed E-state index contributed by atoms with van der Waals surface area (Å²) in [6, 6.07) is 16.4. The van der Waals surface area contributed by atoms with Gasteiger partial charge in [0.15, 0.2) is 0 Å². The number of nitrogens with zero attached hydrogens (tertiary/aromatic N) is 2. The Labute approximate surface area is 180 Å². The number of carbonyl (C=O) groups excluding carboxylic acids is 2. The minimum Gasteiger partial charge on any atom is -0.366 e. The maximum absolute atomic E-state index is 13.6. The highest BCUT2D eigenvalue weighted by atomic mass is 35.5. The fraction of sp³-hybridized carbons (Fsp3) is 0.208. The van der Waals surface area contributed by atoms with E-state index < -0.39 is 5.91 Å². The molecular formula is C24H22ClN3O2. The number of pyridine rings is 1. The molecule has 1 aliphatic carbocycles. The van der Waals surface area contributed by atoms with Crippen molar-refractivity contribution in [1.82, 2.24) is 9.88 Å². The lowest BCUT2D eigenvalue weighted by Crippen LogP contribution is -2.37. The van der Waals surface area contributed by atoms with Crippen LogP contribution in [0.25, 0.3) is 0 Å². The van der Waals surface area contributed by atoms with Gasteiger partial charge in [-0.25, -0.2) is 0 Å². The van der Waals surface area contributed by atoms with Crippen molar-refractivity contribution in [2.24, 2.45) is 5.73 Å². The summed E-state index contributed by atoms with van der Waals surface area (Å²) in [5.41, 5.74) is 9.48. The molecule has 4 rings (SSSR count). The van der Waals surface area contributed by atoms with Gasteiger partial charge in [0.05, 0.1) is 11.6 Å². The van der Waals surface area contributed by atoms with Gasteiger partial charge in [-0.15, -0.1) is 0 Å². The van der Waals surface area contributed by atoms with E-state index in [4.69, 9.17) is 17.3 Å². The van der Waals surface area contributed by atoms with Gasteiger partial charge in [-0.1, -0.05) is 35.9 Å². The molecule has 0 spiro atoms. The second-order valence-corrected chi connectivity index (χ2v) is 7.88. The molecule has 2 aromatic carbocycles. The number of fused-ring (bicyclic) bond motifs is 1. The van der Waals surface area contributed by atoms with E-state index in [2.05, 4.69) is 4.98 Å². The molecule has 30 heavy (non-hydrogen) atoms. The molecule has 1 heterocycles. The highest BCUT2D eigenvalue weighted by Gasteiger charge is 2.31. The zero-order valence-electron chi connectivity index (χ0n) is 16.4. The van der Waals surface area contributed by atoms with Crippen LogP contribution in [0.2, 0.25) is 5.02 Å². The predicted molar refractivity (Wildman–Crippen MR) is 116 cm³/mol. The van der Waals surface area contributed by atoms with Crippen molar-refractivity contribution < 1.29 is 9.59 Å². The zero-order valence-corrected chi connectivity index (χ0v) is 17.2. The Morgan fingerprint density at radius 3 is 2.73 bits per heavy atom. The molecule has 2 amide bonds. The summed E-state index contributed by atoms with van der Waals surface area (Å²) in [5.74, 6) is -0.647. The first kappa shape index (κ1) is 20.1. The fourth-order valence-corrected chi connectivity index (χ4v) is 4.31. The topological polar surface area (TPSA) is 76.3 Å². The van der Waals surface area contributed by atoms with Crippen molar-refractivity contribution in [3.05, 3.63) is 99.8 Å². The Morgan fingerprint density at radius 1 is 1.13 bits per heavy atom. The van der Waals surface area contributed by atoms with E-state index in [9.17, 15) is 9.59 Å². The van der Waals surface area contributed by atoms with Crippen LogP contribution in [0, 0.1) is 0 Å². The van der Waals surface area contributed by atoms with E-state index in [0.717, 1.165) is 30.4 Å². The average molecular weight is 420 g/mol. The first-order valence-electron chi connectivity index (χ1n) is 9.91. The minimum atomic E-state index is -0.508. The van der Waals surface area contributed by atoms with Crippen LogP contribution in [0.15, 0.2) is 67.0 Å². The van der Waals surface area contributed by atoms with E-state index in [1.54, 1.807) is 36.7 Å². The number of halogens is 1. The molecule has 2 N–H and O–H groups in total. The molecular weight excluding hydrogens is 398 g/mol. The molecule has 0 saturated heterocycles. The SMILES string of the molecule is NC(=O)c1ccccc1CN(C(=O)c1cccnc1)[C@@H]1CCCc2ccc(Cl)cc21. The van der Waals surface area contributed by atoms with Crippen molar-refractivity contribution in [3.63, 3.8) is 0 Å². The highest BCUT2D eigenvalue weighted by molar-refractivity contribution is 6.30. The van der Waals surface area contributed by atoms with Crippen LogP contribution >= 0.6 is 11.6 Å². The van der Waals surface area contributed by atoms with Crippen LogP contribution in [-0.2, 0) is 13.0 Å². The number of carbonyl (C=O) groups is 2. The lowest BCUT2D eigenvalue weighted by molar-refractivity contribution is 0.0635. The van der Waals surface area contributed by atoms with Gasteiger partial charge in [0, 0.05) is 29.5 Å². The number of hydrogen-bond acceptors (Lipinski definition) is 3. The summed E-state index contributed by atoms with van der Waals surface area (Å²) >= 11 is 6.30. The van der Waals surface area contributed by atoms with Gasteiger partial charge in [0.2, 0.25) is 5.91 Å². The van der Waals surface area contributed by atoms with Crippen LogP contribution in [0.5, 0.6) is 0 Å². The van der Waals surface area contributed by atoms with Crippen LogP contribution in [0.4, 0.5) is 0 Å². The number of aryl methyl sites for hydroxylation is 1. The smallest absolute Gasteiger partial charge is 0.256 e. The number of nitrogens with two attached hydrogens (primary N) is 1. The van der Waals surface area contributed by atoms with Gasteiger partial charge in [0.1, 0.15) is 0 Å². The maximum Gasteiger partial charge on any atom is 0.256 e. The van der Waals surface area contributed by atoms with Crippen molar-refractivity contribution in [1.29, 1.82) is 0 Å². The normalized spacial score (nSPS) is 15.3. The van der Waals surface area contributed by atoms with Crippen molar-refractivity contribution in [3.8, 4) is 0 Å². The summed E-state index contributed by atoms with van der Waals surface area (Å²) in [7, 11) is 0. The first-order chi connectivity index (χ1) is 14.5. The monoisotopic (exact) mass is 419 g/mol. The molecule has 1 aromatic heterocycles. The minimum absolute atomic E-state index is 0.139. The van der Waals surface area contributed by atoms with E-state index in [1.807, 2.05) is 35.2 Å². The Hall–Kier alpha value is -3.18. The van der Waals surface area contributed by atoms with Gasteiger partial charge < -0.3 is 10.6 Å². The average Bonchev–Trinajstić information content (AvgIpc) is 2.77. The number of rotatable bonds is 5. The molecule has 0 saturated carbocycles. The highest BCUT2D eigenvalue weighted by Crippen LogP contribution is 2.37. The van der Waals surface area contributed by atoms with Gasteiger partial charge in [-0.2, -0.15) is 0 Å². The quantitative estimate of drug-likeness (QED) is 0.658. The molecule has 0 radical (unpaired) electrons. The van der Waals surface area contributed by atoms with Crippen LogP contribution in [-0.4, -0.2) is 21.7 Å². The largest absolute Gasteiger partial charge is 0.366 e. The number of primary amides is 1.